The highest BCUT2D eigenvalue weighted by Crippen LogP contribution is 2.18. The molecule has 0 saturated carbocycles. The van der Waals surface area contributed by atoms with Crippen molar-refractivity contribution in [3.8, 4) is 5.75 Å². The van der Waals surface area contributed by atoms with Crippen molar-refractivity contribution in [1.29, 1.82) is 0 Å². The Morgan fingerprint density at radius 3 is 2.88 bits per heavy atom. The maximum Gasteiger partial charge on any atom is 0.254 e. The monoisotopic (exact) mass is 359 g/mol. The quantitative estimate of drug-likeness (QED) is 0.823. The minimum absolute atomic E-state index is 0.102. The summed E-state index contributed by atoms with van der Waals surface area (Å²) in [4.78, 5) is 39.8. The van der Waals surface area contributed by atoms with Crippen LogP contribution in [-0.2, 0) is 9.59 Å². The van der Waals surface area contributed by atoms with E-state index in [1.54, 1.807) is 34.1 Å². The number of piperazine rings is 1. The Hall–Kier alpha value is -2.57. The lowest BCUT2D eigenvalue weighted by molar-refractivity contribution is -0.128. The van der Waals surface area contributed by atoms with E-state index < -0.39 is 6.04 Å². The summed E-state index contributed by atoms with van der Waals surface area (Å²) < 4.78 is 5.72. The Kier molecular flexibility index (Phi) is 5.75. The highest BCUT2D eigenvalue weighted by Gasteiger charge is 2.32. The number of benzene rings is 1. The molecule has 140 valence electrons. The SMILES string of the molecule is CC[C@@H]1C(=O)NCCN1C(=O)c1cccc(OCCN2CCCC2=O)c1. The first-order valence-corrected chi connectivity index (χ1v) is 9.19. The Morgan fingerprint density at radius 2 is 2.15 bits per heavy atom. The van der Waals surface area contributed by atoms with Gasteiger partial charge in [-0.05, 0) is 31.0 Å². The van der Waals surface area contributed by atoms with E-state index in [1.165, 1.54) is 0 Å². The zero-order valence-electron chi connectivity index (χ0n) is 15.1. The van der Waals surface area contributed by atoms with Crippen molar-refractivity contribution in [3.63, 3.8) is 0 Å². The fourth-order valence-corrected chi connectivity index (χ4v) is 3.46. The molecule has 2 saturated heterocycles. The van der Waals surface area contributed by atoms with Crippen LogP contribution in [0.5, 0.6) is 5.75 Å². The number of nitrogens with zero attached hydrogens (tertiary/aromatic N) is 2. The summed E-state index contributed by atoms with van der Waals surface area (Å²) in [5.41, 5.74) is 0.507. The largest absolute Gasteiger partial charge is 0.492 e. The molecule has 2 fully saturated rings. The van der Waals surface area contributed by atoms with Gasteiger partial charge in [0.25, 0.3) is 5.91 Å². The first kappa shape index (κ1) is 18.2. The van der Waals surface area contributed by atoms with Gasteiger partial charge < -0.3 is 19.9 Å². The number of ether oxygens (including phenoxy) is 1. The lowest BCUT2D eigenvalue weighted by Crippen LogP contribution is -2.56. The predicted molar refractivity (Wildman–Crippen MR) is 95.9 cm³/mol. The minimum Gasteiger partial charge on any atom is -0.492 e. The molecule has 3 rings (SSSR count). The number of carbonyl (C=O) groups excluding carboxylic acids is 3. The van der Waals surface area contributed by atoms with Crippen molar-refractivity contribution < 1.29 is 19.1 Å². The molecular weight excluding hydrogens is 334 g/mol. The van der Waals surface area contributed by atoms with E-state index in [9.17, 15) is 14.4 Å². The van der Waals surface area contributed by atoms with Crippen molar-refractivity contribution in [1.82, 2.24) is 15.1 Å². The molecule has 3 amide bonds. The number of likely N-dealkylation sites (tertiary alicyclic amines) is 1. The lowest BCUT2D eigenvalue weighted by Gasteiger charge is -2.34. The molecule has 1 aromatic carbocycles. The average molecular weight is 359 g/mol. The minimum atomic E-state index is -0.429. The van der Waals surface area contributed by atoms with Crippen molar-refractivity contribution in [3.05, 3.63) is 29.8 Å². The van der Waals surface area contributed by atoms with Gasteiger partial charge in [0.05, 0.1) is 6.54 Å². The zero-order valence-corrected chi connectivity index (χ0v) is 15.1. The fraction of sp³-hybridized carbons (Fsp3) is 0.526. The van der Waals surface area contributed by atoms with Crippen LogP contribution in [0.15, 0.2) is 24.3 Å². The van der Waals surface area contributed by atoms with Gasteiger partial charge in [-0.2, -0.15) is 0 Å². The number of hydrogen-bond donors (Lipinski definition) is 1. The molecule has 2 aliphatic heterocycles. The van der Waals surface area contributed by atoms with Gasteiger partial charge in [-0.3, -0.25) is 14.4 Å². The Labute approximate surface area is 153 Å². The summed E-state index contributed by atoms with van der Waals surface area (Å²) in [7, 11) is 0. The Bertz CT molecular complexity index is 691. The van der Waals surface area contributed by atoms with Gasteiger partial charge in [0.1, 0.15) is 18.4 Å². The maximum atomic E-state index is 12.8. The molecule has 0 spiro atoms. The summed E-state index contributed by atoms with van der Waals surface area (Å²) in [6.07, 6.45) is 2.11. The molecule has 0 radical (unpaired) electrons. The topological polar surface area (TPSA) is 79.0 Å². The van der Waals surface area contributed by atoms with Crippen LogP contribution < -0.4 is 10.1 Å². The van der Waals surface area contributed by atoms with Gasteiger partial charge >= 0.3 is 0 Å². The standard InChI is InChI=1S/C19H25N3O4/c1-2-16-18(24)20-8-10-22(16)19(25)14-5-3-6-15(13-14)26-12-11-21-9-4-7-17(21)23/h3,5-6,13,16H,2,4,7-12H2,1H3,(H,20,24)/t16-/m1/s1. The molecule has 2 heterocycles. The van der Waals surface area contributed by atoms with E-state index in [-0.39, 0.29) is 17.7 Å². The second kappa shape index (κ2) is 8.21. The Balaban J connectivity index is 1.61. The van der Waals surface area contributed by atoms with E-state index in [1.807, 2.05) is 6.92 Å². The van der Waals surface area contributed by atoms with Crippen molar-refractivity contribution >= 4 is 17.7 Å². The molecule has 0 aliphatic carbocycles. The van der Waals surface area contributed by atoms with Gasteiger partial charge in [-0.25, -0.2) is 0 Å². The molecule has 1 atom stereocenters. The zero-order chi connectivity index (χ0) is 18.5. The van der Waals surface area contributed by atoms with Crippen LogP contribution >= 0.6 is 0 Å². The van der Waals surface area contributed by atoms with Crippen molar-refractivity contribution in [2.75, 3.05) is 32.8 Å². The van der Waals surface area contributed by atoms with Crippen molar-refractivity contribution in [2.24, 2.45) is 0 Å². The van der Waals surface area contributed by atoms with Crippen LogP contribution in [-0.4, -0.2) is 66.3 Å². The van der Waals surface area contributed by atoms with Gasteiger partial charge in [-0.15, -0.1) is 0 Å². The molecule has 1 N–H and O–H groups in total. The molecule has 0 bridgehead atoms. The highest BCUT2D eigenvalue weighted by molar-refractivity contribution is 5.98. The highest BCUT2D eigenvalue weighted by atomic mass is 16.5. The first-order valence-electron chi connectivity index (χ1n) is 9.19. The van der Waals surface area contributed by atoms with Crippen LogP contribution in [0.25, 0.3) is 0 Å². The van der Waals surface area contributed by atoms with Crippen LogP contribution in [0.2, 0.25) is 0 Å². The molecule has 0 aromatic heterocycles. The average Bonchev–Trinajstić information content (AvgIpc) is 3.06. The third kappa shape index (κ3) is 3.98. The van der Waals surface area contributed by atoms with Crippen LogP contribution in [0.1, 0.15) is 36.5 Å². The van der Waals surface area contributed by atoms with Gasteiger partial charge in [-0.1, -0.05) is 13.0 Å². The Morgan fingerprint density at radius 1 is 1.31 bits per heavy atom. The maximum absolute atomic E-state index is 12.8. The molecule has 26 heavy (non-hydrogen) atoms. The van der Waals surface area contributed by atoms with Crippen LogP contribution in [0, 0.1) is 0 Å². The smallest absolute Gasteiger partial charge is 0.254 e. The number of rotatable bonds is 6. The summed E-state index contributed by atoms with van der Waals surface area (Å²) in [6, 6.07) is 6.57. The van der Waals surface area contributed by atoms with E-state index in [0.29, 0.717) is 50.4 Å². The second-order valence-electron chi connectivity index (χ2n) is 6.57. The molecule has 0 unspecified atom stereocenters. The lowest BCUT2D eigenvalue weighted by atomic mass is 10.1. The number of hydrogen-bond acceptors (Lipinski definition) is 4. The van der Waals surface area contributed by atoms with Gasteiger partial charge in [0, 0.05) is 31.6 Å². The van der Waals surface area contributed by atoms with E-state index in [0.717, 1.165) is 13.0 Å². The molecule has 2 aliphatic rings. The van der Waals surface area contributed by atoms with E-state index >= 15 is 0 Å². The first-order chi connectivity index (χ1) is 12.6. The van der Waals surface area contributed by atoms with E-state index in [4.69, 9.17) is 4.74 Å². The third-order valence-corrected chi connectivity index (χ3v) is 4.86. The van der Waals surface area contributed by atoms with Gasteiger partial charge in [0.15, 0.2) is 0 Å². The third-order valence-electron chi connectivity index (χ3n) is 4.86. The second-order valence-corrected chi connectivity index (χ2v) is 6.57. The summed E-state index contributed by atoms with van der Waals surface area (Å²) in [5.74, 6) is 0.505. The number of nitrogens with one attached hydrogen (secondary N) is 1. The number of amides is 3. The predicted octanol–water partition coefficient (Wildman–Crippen LogP) is 1.04. The molecular formula is C19H25N3O4. The molecule has 1 aromatic rings. The van der Waals surface area contributed by atoms with Crippen molar-refractivity contribution in [2.45, 2.75) is 32.2 Å². The number of carbonyl (C=O) groups is 3. The van der Waals surface area contributed by atoms with Crippen LogP contribution in [0.3, 0.4) is 0 Å². The summed E-state index contributed by atoms with van der Waals surface area (Å²) >= 11 is 0. The fourth-order valence-electron chi connectivity index (χ4n) is 3.46. The molecule has 7 nitrogen and oxygen atoms in total. The van der Waals surface area contributed by atoms with E-state index in [2.05, 4.69) is 5.32 Å². The molecule has 7 heteroatoms. The summed E-state index contributed by atoms with van der Waals surface area (Å²) in [6.45, 7) is 4.62. The normalized spacial score (nSPS) is 20.3. The summed E-state index contributed by atoms with van der Waals surface area (Å²) in [5, 5.41) is 2.80. The van der Waals surface area contributed by atoms with Crippen LogP contribution in [0.4, 0.5) is 0 Å². The van der Waals surface area contributed by atoms with Gasteiger partial charge in [0.2, 0.25) is 11.8 Å².